The number of nitrogens with zero attached hydrogens (tertiary/aromatic N) is 3. The second-order valence-corrected chi connectivity index (χ2v) is 8.17. The standard InChI is InChI=1S/C24H28N4O2/c1-17-6-5-7-19(14-17)15-27-12-10-20(11-13-27)26-23(29)16-28-18(2)25-22-9-4-3-8-21(22)24(28)30/h3-9,14,20H,10-13,15-16H2,1-2H3,(H,26,29). The number of benzene rings is 2. The predicted molar refractivity (Wildman–Crippen MR) is 118 cm³/mol. The van der Waals surface area contributed by atoms with Crippen LogP contribution in [0, 0.1) is 13.8 Å². The molecule has 0 radical (unpaired) electrons. The normalized spacial score (nSPS) is 15.4. The lowest BCUT2D eigenvalue weighted by atomic mass is 10.0. The minimum absolute atomic E-state index is 0.00596. The molecule has 0 bridgehead atoms. The van der Waals surface area contributed by atoms with Crippen molar-refractivity contribution in [3.8, 4) is 0 Å². The molecule has 2 heterocycles. The van der Waals surface area contributed by atoms with Gasteiger partial charge in [-0.3, -0.25) is 19.1 Å². The van der Waals surface area contributed by atoms with Gasteiger partial charge in [0.2, 0.25) is 5.91 Å². The summed E-state index contributed by atoms with van der Waals surface area (Å²) in [4.78, 5) is 32.3. The van der Waals surface area contributed by atoms with Gasteiger partial charge in [0.1, 0.15) is 12.4 Å². The van der Waals surface area contributed by atoms with E-state index in [-0.39, 0.29) is 24.1 Å². The molecule has 3 aromatic rings. The van der Waals surface area contributed by atoms with E-state index in [0.29, 0.717) is 16.7 Å². The number of rotatable bonds is 5. The van der Waals surface area contributed by atoms with Crippen molar-refractivity contribution in [2.45, 2.75) is 45.8 Å². The average molecular weight is 405 g/mol. The number of hydrogen-bond donors (Lipinski definition) is 1. The summed E-state index contributed by atoms with van der Waals surface area (Å²) in [5.74, 6) is 0.427. The molecule has 1 aromatic heterocycles. The van der Waals surface area contributed by atoms with Crippen LogP contribution in [0.4, 0.5) is 0 Å². The number of fused-ring (bicyclic) bond motifs is 1. The lowest BCUT2D eigenvalue weighted by Crippen LogP contribution is -2.46. The van der Waals surface area contributed by atoms with E-state index in [1.165, 1.54) is 15.7 Å². The summed E-state index contributed by atoms with van der Waals surface area (Å²) >= 11 is 0. The molecule has 1 N–H and O–H groups in total. The maximum absolute atomic E-state index is 12.8. The van der Waals surface area contributed by atoms with Crippen molar-refractivity contribution in [1.82, 2.24) is 19.8 Å². The van der Waals surface area contributed by atoms with E-state index >= 15 is 0 Å². The van der Waals surface area contributed by atoms with Crippen molar-refractivity contribution in [3.05, 3.63) is 75.8 Å². The van der Waals surface area contributed by atoms with Gasteiger partial charge in [-0.2, -0.15) is 0 Å². The van der Waals surface area contributed by atoms with Gasteiger partial charge in [0.25, 0.3) is 5.56 Å². The number of nitrogens with one attached hydrogen (secondary N) is 1. The van der Waals surface area contributed by atoms with Gasteiger partial charge in [-0.25, -0.2) is 4.98 Å². The monoisotopic (exact) mass is 404 g/mol. The number of para-hydroxylation sites is 1. The Labute approximate surface area is 176 Å². The maximum atomic E-state index is 12.8. The van der Waals surface area contributed by atoms with E-state index in [0.717, 1.165) is 32.5 Å². The minimum Gasteiger partial charge on any atom is -0.352 e. The van der Waals surface area contributed by atoms with Crippen LogP contribution in [0.2, 0.25) is 0 Å². The van der Waals surface area contributed by atoms with Gasteiger partial charge in [-0.05, 0) is 44.4 Å². The number of likely N-dealkylation sites (tertiary alicyclic amines) is 1. The molecule has 1 aliphatic rings. The van der Waals surface area contributed by atoms with Gasteiger partial charge < -0.3 is 5.32 Å². The Morgan fingerprint density at radius 3 is 2.63 bits per heavy atom. The van der Waals surface area contributed by atoms with Gasteiger partial charge >= 0.3 is 0 Å². The van der Waals surface area contributed by atoms with Gasteiger partial charge in [0, 0.05) is 25.7 Å². The van der Waals surface area contributed by atoms with E-state index in [1.54, 1.807) is 13.0 Å². The van der Waals surface area contributed by atoms with E-state index in [2.05, 4.69) is 46.4 Å². The van der Waals surface area contributed by atoms with Crippen LogP contribution in [0.25, 0.3) is 10.9 Å². The third-order valence-electron chi connectivity index (χ3n) is 5.80. The SMILES string of the molecule is Cc1cccc(CN2CCC(NC(=O)Cn3c(C)nc4ccccc4c3=O)CC2)c1. The molecule has 2 aromatic carbocycles. The minimum atomic E-state index is -0.166. The van der Waals surface area contributed by atoms with Crippen LogP contribution in [0.15, 0.2) is 53.3 Å². The largest absolute Gasteiger partial charge is 0.352 e. The molecular weight excluding hydrogens is 376 g/mol. The van der Waals surface area contributed by atoms with Crippen LogP contribution in [-0.2, 0) is 17.9 Å². The Morgan fingerprint density at radius 2 is 1.87 bits per heavy atom. The highest BCUT2D eigenvalue weighted by molar-refractivity contribution is 5.79. The Bertz CT molecular complexity index is 1110. The maximum Gasteiger partial charge on any atom is 0.261 e. The van der Waals surface area contributed by atoms with Crippen molar-refractivity contribution >= 4 is 16.8 Å². The molecule has 0 atom stereocenters. The molecule has 30 heavy (non-hydrogen) atoms. The Morgan fingerprint density at radius 1 is 1.10 bits per heavy atom. The fraction of sp³-hybridized carbons (Fsp3) is 0.375. The highest BCUT2D eigenvalue weighted by Crippen LogP contribution is 2.15. The molecule has 4 rings (SSSR count). The van der Waals surface area contributed by atoms with Crippen molar-refractivity contribution in [2.75, 3.05) is 13.1 Å². The van der Waals surface area contributed by atoms with Crippen LogP contribution >= 0.6 is 0 Å². The highest BCUT2D eigenvalue weighted by atomic mass is 16.2. The quantitative estimate of drug-likeness (QED) is 0.710. The molecule has 0 spiro atoms. The fourth-order valence-electron chi connectivity index (χ4n) is 4.19. The Hall–Kier alpha value is -2.99. The lowest BCUT2D eigenvalue weighted by Gasteiger charge is -2.32. The third-order valence-corrected chi connectivity index (χ3v) is 5.80. The number of carbonyl (C=O) groups is 1. The van der Waals surface area contributed by atoms with Crippen LogP contribution in [-0.4, -0.2) is 39.5 Å². The van der Waals surface area contributed by atoms with E-state index in [9.17, 15) is 9.59 Å². The van der Waals surface area contributed by atoms with E-state index < -0.39 is 0 Å². The van der Waals surface area contributed by atoms with Crippen molar-refractivity contribution in [3.63, 3.8) is 0 Å². The van der Waals surface area contributed by atoms with Crippen LogP contribution < -0.4 is 10.9 Å². The zero-order chi connectivity index (χ0) is 21.1. The molecule has 0 aliphatic carbocycles. The van der Waals surface area contributed by atoms with Gasteiger partial charge in [-0.15, -0.1) is 0 Å². The fourth-order valence-corrected chi connectivity index (χ4v) is 4.19. The second kappa shape index (κ2) is 8.79. The highest BCUT2D eigenvalue weighted by Gasteiger charge is 2.21. The summed E-state index contributed by atoms with van der Waals surface area (Å²) in [6.07, 6.45) is 1.84. The summed E-state index contributed by atoms with van der Waals surface area (Å²) < 4.78 is 1.46. The number of amides is 1. The summed E-state index contributed by atoms with van der Waals surface area (Å²) in [5, 5.41) is 3.65. The molecule has 1 aliphatic heterocycles. The van der Waals surface area contributed by atoms with Crippen molar-refractivity contribution in [2.24, 2.45) is 0 Å². The molecule has 156 valence electrons. The number of hydrogen-bond acceptors (Lipinski definition) is 4. The summed E-state index contributed by atoms with van der Waals surface area (Å²) in [7, 11) is 0. The van der Waals surface area contributed by atoms with Gasteiger partial charge in [0.15, 0.2) is 0 Å². The first-order chi connectivity index (χ1) is 14.5. The van der Waals surface area contributed by atoms with Crippen LogP contribution in [0.3, 0.4) is 0 Å². The number of carbonyl (C=O) groups excluding carboxylic acids is 1. The van der Waals surface area contributed by atoms with Crippen molar-refractivity contribution in [1.29, 1.82) is 0 Å². The second-order valence-electron chi connectivity index (χ2n) is 8.17. The smallest absolute Gasteiger partial charge is 0.261 e. The first-order valence-corrected chi connectivity index (χ1v) is 10.5. The van der Waals surface area contributed by atoms with Gasteiger partial charge in [0.05, 0.1) is 10.9 Å². The van der Waals surface area contributed by atoms with E-state index in [1.807, 2.05) is 18.2 Å². The van der Waals surface area contributed by atoms with Crippen molar-refractivity contribution < 1.29 is 4.79 Å². The first-order valence-electron chi connectivity index (χ1n) is 10.5. The number of aryl methyl sites for hydroxylation is 2. The summed E-state index contributed by atoms with van der Waals surface area (Å²) in [5.41, 5.74) is 3.11. The molecular formula is C24H28N4O2. The predicted octanol–water partition coefficient (Wildman–Crippen LogP) is 2.79. The van der Waals surface area contributed by atoms with Crippen LogP contribution in [0.5, 0.6) is 0 Å². The average Bonchev–Trinajstić information content (AvgIpc) is 2.73. The van der Waals surface area contributed by atoms with E-state index in [4.69, 9.17) is 0 Å². The number of aromatic nitrogens is 2. The molecule has 1 amide bonds. The van der Waals surface area contributed by atoms with Crippen LogP contribution in [0.1, 0.15) is 29.8 Å². The topological polar surface area (TPSA) is 67.2 Å². The molecule has 0 unspecified atom stereocenters. The first kappa shape index (κ1) is 20.3. The molecule has 6 nitrogen and oxygen atoms in total. The Balaban J connectivity index is 1.33. The summed E-state index contributed by atoms with van der Waals surface area (Å²) in [6.45, 7) is 6.74. The summed E-state index contributed by atoms with van der Waals surface area (Å²) in [6, 6.07) is 16.0. The molecule has 6 heteroatoms. The Kier molecular flexibility index (Phi) is 5.95. The zero-order valence-corrected chi connectivity index (χ0v) is 17.6. The lowest BCUT2D eigenvalue weighted by molar-refractivity contribution is -0.122. The zero-order valence-electron chi connectivity index (χ0n) is 17.6. The number of piperidine rings is 1. The molecule has 0 saturated carbocycles. The third kappa shape index (κ3) is 4.60. The van der Waals surface area contributed by atoms with Gasteiger partial charge in [-0.1, -0.05) is 42.0 Å². The molecule has 1 fully saturated rings. The molecule has 1 saturated heterocycles.